The quantitative estimate of drug-likeness (QED) is 0.903. The first-order chi connectivity index (χ1) is 9.00. The van der Waals surface area contributed by atoms with Crippen molar-refractivity contribution in [3.05, 3.63) is 35.9 Å². The van der Waals surface area contributed by atoms with Crippen molar-refractivity contribution < 1.29 is 4.79 Å². The summed E-state index contributed by atoms with van der Waals surface area (Å²) in [5.74, 6) is 0.267. The first-order valence-electron chi connectivity index (χ1n) is 7.06. The molecule has 0 bridgehead atoms. The molecule has 3 nitrogen and oxygen atoms in total. The van der Waals surface area contributed by atoms with Crippen LogP contribution in [0.15, 0.2) is 30.3 Å². The van der Waals surface area contributed by atoms with Gasteiger partial charge in [-0.1, -0.05) is 44.2 Å². The number of hydrogen-bond donors (Lipinski definition) is 1. The Balaban J connectivity index is 2.05. The zero-order valence-corrected chi connectivity index (χ0v) is 12.1. The van der Waals surface area contributed by atoms with Crippen molar-refractivity contribution in [2.45, 2.75) is 38.6 Å². The molecule has 1 N–H and O–H groups in total. The van der Waals surface area contributed by atoms with Gasteiger partial charge in [-0.2, -0.15) is 0 Å². The summed E-state index contributed by atoms with van der Waals surface area (Å²) in [5, 5.41) is 3.32. The standard InChI is InChI=1S/C16H24N2O/c1-13-12-17-9-10-18(13)15(19)11-16(2,3)14-7-5-4-6-8-14/h4-8,13,17H,9-12H2,1-3H3. The molecule has 2 rings (SSSR count). The maximum atomic E-state index is 12.5. The van der Waals surface area contributed by atoms with Gasteiger partial charge in [-0.25, -0.2) is 0 Å². The van der Waals surface area contributed by atoms with E-state index in [1.165, 1.54) is 5.56 Å². The van der Waals surface area contributed by atoms with Crippen LogP contribution in [0.1, 0.15) is 32.8 Å². The first kappa shape index (κ1) is 14.1. The van der Waals surface area contributed by atoms with Crippen molar-refractivity contribution in [2.24, 2.45) is 0 Å². The Morgan fingerprint density at radius 3 is 2.68 bits per heavy atom. The van der Waals surface area contributed by atoms with Crippen LogP contribution in [0.5, 0.6) is 0 Å². The predicted molar refractivity (Wildman–Crippen MR) is 78.1 cm³/mol. The fourth-order valence-electron chi connectivity index (χ4n) is 2.68. The van der Waals surface area contributed by atoms with Gasteiger partial charge in [0, 0.05) is 32.1 Å². The lowest BCUT2D eigenvalue weighted by Gasteiger charge is -2.36. The van der Waals surface area contributed by atoms with Crippen molar-refractivity contribution in [2.75, 3.05) is 19.6 Å². The molecule has 0 aliphatic carbocycles. The Kier molecular flexibility index (Phi) is 4.25. The van der Waals surface area contributed by atoms with E-state index in [0.29, 0.717) is 12.5 Å². The van der Waals surface area contributed by atoms with Crippen LogP contribution >= 0.6 is 0 Å². The van der Waals surface area contributed by atoms with Gasteiger partial charge in [0.05, 0.1) is 0 Å². The number of hydrogen-bond acceptors (Lipinski definition) is 2. The van der Waals surface area contributed by atoms with Gasteiger partial charge in [0.1, 0.15) is 0 Å². The minimum atomic E-state index is -0.108. The van der Waals surface area contributed by atoms with Crippen LogP contribution in [0.25, 0.3) is 0 Å². The summed E-state index contributed by atoms with van der Waals surface area (Å²) >= 11 is 0. The molecule has 1 heterocycles. The fourth-order valence-corrected chi connectivity index (χ4v) is 2.68. The molecule has 1 unspecified atom stereocenters. The number of carbonyl (C=O) groups excluding carboxylic acids is 1. The molecule has 1 aromatic carbocycles. The smallest absolute Gasteiger partial charge is 0.223 e. The van der Waals surface area contributed by atoms with E-state index in [9.17, 15) is 4.79 Å². The molecule has 3 heteroatoms. The Morgan fingerprint density at radius 1 is 1.37 bits per heavy atom. The topological polar surface area (TPSA) is 32.3 Å². The zero-order chi connectivity index (χ0) is 13.9. The number of amides is 1. The van der Waals surface area contributed by atoms with Crippen LogP contribution in [-0.4, -0.2) is 36.5 Å². The van der Waals surface area contributed by atoms with Crippen LogP contribution in [0.2, 0.25) is 0 Å². The molecular formula is C16H24N2O. The van der Waals surface area contributed by atoms with E-state index >= 15 is 0 Å². The molecule has 0 aromatic heterocycles. The molecule has 1 saturated heterocycles. The van der Waals surface area contributed by atoms with Crippen LogP contribution in [0, 0.1) is 0 Å². The molecule has 0 spiro atoms. The van der Waals surface area contributed by atoms with Gasteiger partial charge in [-0.05, 0) is 17.9 Å². The summed E-state index contributed by atoms with van der Waals surface area (Å²) in [6.45, 7) is 9.03. The third-order valence-electron chi connectivity index (χ3n) is 3.97. The number of piperazine rings is 1. The summed E-state index contributed by atoms with van der Waals surface area (Å²) in [5.41, 5.74) is 1.12. The molecule has 104 valence electrons. The Morgan fingerprint density at radius 2 is 2.05 bits per heavy atom. The van der Waals surface area contributed by atoms with E-state index in [1.54, 1.807) is 0 Å². The predicted octanol–water partition coefficient (Wildman–Crippen LogP) is 2.17. The molecule has 1 fully saturated rings. The lowest BCUT2D eigenvalue weighted by atomic mass is 9.81. The van der Waals surface area contributed by atoms with Gasteiger partial charge in [0.25, 0.3) is 0 Å². The lowest BCUT2D eigenvalue weighted by Crippen LogP contribution is -2.53. The van der Waals surface area contributed by atoms with E-state index in [4.69, 9.17) is 0 Å². The second-order valence-corrected chi connectivity index (χ2v) is 6.07. The minimum absolute atomic E-state index is 0.108. The first-order valence-corrected chi connectivity index (χ1v) is 7.06. The second-order valence-electron chi connectivity index (χ2n) is 6.07. The van der Waals surface area contributed by atoms with Crippen molar-refractivity contribution in [1.29, 1.82) is 0 Å². The summed E-state index contributed by atoms with van der Waals surface area (Å²) in [4.78, 5) is 14.5. The molecule has 1 amide bonds. The van der Waals surface area contributed by atoms with Crippen molar-refractivity contribution >= 4 is 5.91 Å². The van der Waals surface area contributed by atoms with Crippen molar-refractivity contribution in [3.8, 4) is 0 Å². The zero-order valence-electron chi connectivity index (χ0n) is 12.1. The summed E-state index contributed by atoms with van der Waals surface area (Å²) in [6, 6.07) is 10.6. The van der Waals surface area contributed by atoms with Gasteiger partial charge < -0.3 is 10.2 Å². The SMILES string of the molecule is CC1CNCCN1C(=O)CC(C)(C)c1ccccc1. The van der Waals surface area contributed by atoms with Crippen LogP contribution in [-0.2, 0) is 10.2 Å². The molecular weight excluding hydrogens is 236 g/mol. The average molecular weight is 260 g/mol. The van der Waals surface area contributed by atoms with Crippen molar-refractivity contribution in [3.63, 3.8) is 0 Å². The molecule has 1 aromatic rings. The van der Waals surface area contributed by atoms with E-state index in [1.807, 2.05) is 23.1 Å². The number of benzene rings is 1. The maximum absolute atomic E-state index is 12.5. The highest BCUT2D eigenvalue weighted by Crippen LogP contribution is 2.28. The molecule has 1 aliphatic rings. The third-order valence-corrected chi connectivity index (χ3v) is 3.97. The van der Waals surface area contributed by atoms with Gasteiger partial charge in [-0.3, -0.25) is 4.79 Å². The Hall–Kier alpha value is -1.35. The molecule has 19 heavy (non-hydrogen) atoms. The van der Waals surface area contributed by atoms with E-state index < -0.39 is 0 Å². The summed E-state index contributed by atoms with van der Waals surface area (Å²) in [6.07, 6.45) is 0.571. The lowest BCUT2D eigenvalue weighted by molar-refractivity contribution is -0.135. The monoisotopic (exact) mass is 260 g/mol. The summed E-state index contributed by atoms with van der Waals surface area (Å²) < 4.78 is 0. The van der Waals surface area contributed by atoms with Gasteiger partial charge in [-0.15, -0.1) is 0 Å². The molecule has 1 aliphatic heterocycles. The number of nitrogens with zero attached hydrogens (tertiary/aromatic N) is 1. The average Bonchev–Trinajstić information content (AvgIpc) is 2.39. The van der Waals surface area contributed by atoms with E-state index in [2.05, 4.69) is 38.2 Å². The summed E-state index contributed by atoms with van der Waals surface area (Å²) in [7, 11) is 0. The third kappa shape index (κ3) is 3.35. The fraction of sp³-hybridized carbons (Fsp3) is 0.562. The van der Waals surface area contributed by atoms with Crippen LogP contribution in [0.4, 0.5) is 0 Å². The number of nitrogens with one attached hydrogen (secondary N) is 1. The minimum Gasteiger partial charge on any atom is -0.337 e. The second kappa shape index (κ2) is 5.74. The Bertz CT molecular complexity index is 428. The molecule has 1 atom stereocenters. The van der Waals surface area contributed by atoms with E-state index in [0.717, 1.165) is 19.6 Å². The van der Waals surface area contributed by atoms with Gasteiger partial charge in [0.2, 0.25) is 5.91 Å². The maximum Gasteiger partial charge on any atom is 0.223 e. The Labute approximate surface area is 116 Å². The highest BCUT2D eigenvalue weighted by atomic mass is 16.2. The van der Waals surface area contributed by atoms with Gasteiger partial charge >= 0.3 is 0 Å². The van der Waals surface area contributed by atoms with Crippen molar-refractivity contribution in [1.82, 2.24) is 10.2 Å². The number of carbonyl (C=O) groups is 1. The number of rotatable bonds is 3. The van der Waals surface area contributed by atoms with Crippen LogP contribution in [0.3, 0.4) is 0 Å². The van der Waals surface area contributed by atoms with Gasteiger partial charge in [0.15, 0.2) is 0 Å². The molecule has 0 radical (unpaired) electrons. The largest absolute Gasteiger partial charge is 0.337 e. The van der Waals surface area contributed by atoms with E-state index in [-0.39, 0.29) is 11.3 Å². The highest BCUT2D eigenvalue weighted by Gasteiger charge is 2.29. The normalized spacial score (nSPS) is 20.4. The molecule has 0 saturated carbocycles. The highest BCUT2D eigenvalue weighted by molar-refractivity contribution is 5.78. The van der Waals surface area contributed by atoms with Crippen LogP contribution < -0.4 is 5.32 Å².